The van der Waals surface area contributed by atoms with E-state index in [0.717, 1.165) is 0 Å². The minimum Gasteiger partial charge on any atom is -0.399 e. The maximum absolute atomic E-state index is 6.09. The number of pyridine rings is 1. The van der Waals surface area contributed by atoms with Gasteiger partial charge in [-0.05, 0) is 27.7 Å². The average molecular weight is 274 g/mol. The Morgan fingerprint density at radius 1 is 1.00 bits per heavy atom. The van der Waals surface area contributed by atoms with Gasteiger partial charge < -0.3 is 9.31 Å². The lowest BCUT2D eigenvalue weighted by atomic mass is 9.79. The van der Waals surface area contributed by atoms with Gasteiger partial charge in [-0.3, -0.25) is 4.98 Å². The minimum atomic E-state index is -0.553. The van der Waals surface area contributed by atoms with E-state index in [-0.39, 0.29) is 0 Å². The molecule has 1 aliphatic heterocycles. The van der Waals surface area contributed by atoms with Crippen molar-refractivity contribution in [2.75, 3.05) is 0 Å². The Morgan fingerprint density at radius 3 is 1.82 bits per heavy atom. The van der Waals surface area contributed by atoms with Crippen molar-refractivity contribution < 1.29 is 9.31 Å². The Bertz CT molecular complexity index is 415. The zero-order chi connectivity index (χ0) is 12.8. The lowest BCUT2D eigenvalue weighted by molar-refractivity contribution is 0.00578. The number of aromatic nitrogens is 1. The van der Waals surface area contributed by atoms with Gasteiger partial charge in [0.05, 0.1) is 21.2 Å². The average Bonchev–Trinajstić information content (AvgIpc) is 2.35. The van der Waals surface area contributed by atoms with Crippen LogP contribution in [0.2, 0.25) is 10.0 Å². The summed E-state index contributed by atoms with van der Waals surface area (Å²) in [5, 5.41) is 0.909. The molecule has 0 saturated carbocycles. The summed E-state index contributed by atoms with van der Waals surface area (Å²) in [5.41, 5.74) is -0.178. The van der Waals surface area contributed by atoms with Gasteiger partial charge in [-0.25, -0.2) is 0 Å². The molecule has 0 amide bonds. The smallest absolute Gasteiger partial charge is 0.399 e. The van der Waals surface area contributed by atoms with E-state index in [1.165, 1.54) is 12.4 Å². The Balaban J connectivity index is 2.39. The molecule has 92 valence electrons. The maximum Gasteiger partial charge on any atom is 0.498 e. The van der Waals surface area contributed by atoms with Crippen LogP contribution >= 0.6 is 23.2 Å². The van der Waals surface area contributed by atoms with Crippen molar-refractivity contribution in [3.63, 3.8) is 0 Å². The third kappa shape index (κ3) is 2.19. The van der Waals surface area contributed by atoms with Gasteiger partial charge >= 0.3 is 7.12 Å². The highest BCUT2D eigenvalue weighted by atomic mass is 35.5. The molecular weight excluding hydrogens is 260 g/mol. The van der Waals surface area contributed by atoms with E-state index in [9.17, 15) is 0 Å². The van der Waals surface area contributed by atoms with Gasteiger partial charge in [0.2, 0.25) is 0 Å². The predicted molar refractivity (Wildman–Crippen MR) is 70.0 cm³/mol. The molecule has 0 N–H and O–H groups in total. The SMILES string of the molecule is CC1(C)OB(c2c(Cl)cncc2Cl)OC1(C)C. The number of hydrogen-bond acceptors (Lipinski definition) is 3. The minimum absolute atomic E-state index is 0.409. The third-order valence-corrected chi connectivity index (χ3v) is 3.98. The summed E-state index contributed by atoms with van der Waals surface area (Å²) in [4.78, 5) is 3.91. The van der Waals surface area contributed by atoms with E-state index >= 15 is 0 Å². The molecule has 1 aromatic heterocycles. The second-order valence-electron chi connectivity index (χ2n) is 5.11. The van der Waals surface area contributed by atoms with Gasteiger partial charge in [0.25, 0.3) is 0 Å². The molecule has 0 spiro atoms. The van der Waals surface area contributed by atoms with Gasteiger partial charge in [-0.15, -0.1) is 0 Å². The van der Waals surface area contributed by atoms with E-state index in [4.69, 9.17) is 32.5 Å². The van der Waals surface area contributed by atoms with Crippen LogP contribution in [0.3, 0.4) is 0 Å². The van der Waals surface area contributed by atoms with Gasteiger partial charge in [0, 0.05) is 17.9 Å². The summed E-state index contributed by atoms with van der Waals surface area (Å²) in [6.45, 7) is 7.93. The summed E-state index contributed by atoms with van der Waals surface area (Å²) in [7, 11) is -0.553. The first-order chi connectivity index (χ1) is 7.74. The third-order valence-electron chi connectivity index (χ3n) is 3.38. The second-order valence-corrected chi connectivity index (χ2v) is 5.92. The van der Waals surface area contributed by atoms with E-state index in [2.05, 4.69) is 4.98 Å². The number of halogens is 2. The van der Waals surface area contributed by atoms with Crippen molar-refractivity contribution in [2.24, 2.45) is 0 Å². The van der Waals surface area contributed by atoms with Crippen molar-refractivity contribution in [3.8, 4) is 0 Å². The van der Waals surface area contributed by atoms with Crippen LogP contribution in [0.5, 0.6) is 0 Å². The molecule has 1 aromatic rings. The molecule has 1 fully saturated rings. The Hall–Kier alpha value is -0.285. The second kappa shape index (κ2) is 4.13. The van der Waals surface area contributed by atoms with Crippen molar-refractivity contribution in [2.45, 2.75) is 38.9 Å². The standard InChI is InChI=1S/C11H14BCl2NO2/c1-10(2)11(3,4)17-12(16-10)9-7(13)5-15-6-8(9)14/h5-6H,1-4H3. The lowest BCUT2D eigenvalue weighted by Gasteiger charge is -2.32. The normalized spacial score (nSPS) is 21.9. The van der Waals surface area contributed by atoms with E-state index in [0.29, 0.717) is 15.5 Å². The first-order valence-corrected chi connectivity index (χ1v) is 6.15. The van der Waals surface area contributed by atoms with Gasteiger partial charge in [-0.1, -0.05) is 23.2 Å². The highest BCUT2D eigenvalue weighted by molar-refractivity contribution is 6.68. The van der Waals surface area contributed by atoms with Crippen LogP contribution in [0.25, 0.3) is 0 Å². The van der Waals surface area contributed by atoms with Crippen LogP contribution in [0.15, 0.2) is 12.4 Å². The summed E-state index contributed by atoms with van der Waals surface area (Å²) in [6.07, 6.45) is 3.07. The topological polar surface area (TPSA) is 31.4 Å². The maximum atomic E-state index is 6.09. The van der Waals surface area contributed by atoms with E-state index in [1.807, 2.05) is 27.7 Å². The molecule has 1 aliphatic rings. The molecule has 0 atom stereocenters. The van der Waals surface area contributed by atoms with Gasteiger partial charge in [0.15, 0.2) is 0 Å². The number of rotatable bonds is 1. The van der Waals surface area contributed by atoms with E-state index in [1.54, 1.807) is 0 Å². The molecule has 1 saturated heterocycles. The molecular formula is C11H14BCl2NO2. The summed E-state index contributed by atoms with van der Waals surface area (Å²) in [6, 6.07) is 0. The molecule has 6 heteroatoms. The van der Waals surface area contributed by atoms with Crippen LogP contribution in [0.4, 0.5) is 0 Å². The Kier molecular flexibility index (Phi) is 3.19. The molecule has 0 bridgehead atoms. The van der Waals surface area contributed by atoms with Crippen LogP contribution < -0.4 is 5.46 Å². The van der Waals surface area contributed by atoms with Crippen molar-refractivity contribution in [3.05, 3.63) is 22.4 Å². The fourth-order valence-electron chi connectivity index (χ4n) is 1.61. The van der Waals surface area contributed by atoms with Crippen LogP contribution in [-0.4, -0.2) is 23.3 Å². The Labute approximate surface area is 112 Å². The zero-order valence-corrected chi connectivity index (χ0v) is 11.8. The van der Waals surface area contributed by atoms with Crippen LogP contribution in [0.1, 0.15) is 27.7 Å². The summed E-state index contributed by atoms with van der Waals surface area (Å²) in [5.74, 6) is 0. The first-order valence-electron chi connectivity index (χ1n) is 5.39. The predicted octanol–water partition coefficient (Wildman–Crippen LogP) is 2.69. The lowest BCUT2D eigenvalue weighted by Crippen LogP contribution is -2.41. The molecule has 2 heterocycles. The van der Waals surface area contributed by atoms with Crippen molar-refractivity contribution >= 4 is 35.8 Å². The molecule has 0 aromatic carbocycles. The van der Waals surface area contributed by atoms with Crippen molar-refractivity contribution in [1.82, 2.24) is 4.98 Å². The van der Waals surface area contributed by atoms with Crippen molar-refractivity contribution in [1.29, 1.82) is 0 Å². The highest BCUT2D eigenvalue weighted by Crippen LogP contribution is 2.37. The fraction of sp³-hybridized carbons (Fsp3) is 0.545. The highest BCUT2D eigenvalue weighted by Gasteiger charge is 2.52. The van der Waals surface area contributed by atoms with Gasteiger partial charge in [0.1, 0.15) is 0 Å². The van der Waals surface area contributed by atoms with Gasteiger partial charge in [-0.2, -0.15) is 0 Å². The summed E-state index contributed by atoms with van der Waals surface area (Å²) >= 11 is 12.2. The van der Waals surface area contributed by atoms with E-state index < -0.39 is 18.3 Å². The molecule has 0 radical (unpaired) electrons. The Morgan fingerprint density at radius 2 is 1.41 bits per heavy atom. The quantitative estimate of drug-likeness (QED) is 0.738. The monoisotopic (exact) mass is 273 g/mol. The molecule has 0 unspecified atom stereocenters. The molecule has 17 heavy (non-hydrogen) atoms. The number of nitrogens with zero attached hydrogens (tertiary/aromatic N) is 1. The van der Waals surface area contributed by atoms with Crippen LogP contribution in [-0.2, 0) is 9.31 Å². The van der Waals surface area contributed by atoms with Crippen LogP contribution in [0, 0.1) is 0 Å². The molecule has 0 aliphatic carbocycles. The summed E-state index contributed by atoms with van der Waals surface area (Å²) < 4.78 is 11.8. The zero-order valence-electron chi connectivity index (χ0n) is 10.3. The number of hydrogen-bond donors (Lipinski definition) is 0. The fourth-order valence-corrected chi connectivity index (χ4v) is 2.15. The first kappa shape index (κ1) is 13.2. The largest absolute Gasteiger partial charge is 0.498 e. The molecule has 2 rings (SSSR count). The molecule has 3 nitrogen and oxygen atoms in total.